The fraction of sp³-hybridized carbons (Fsp3) is 0.579. The molecule has 0 heterocycles. The molecule has 0 unspecified atom stereocenters. The second-order valence-corrected chi connectivity index (χ2v) is 6.96. The zero-order chi connectivity index (χ0) is 19.6. The van der Waals surface area contributed by atoms with E-state index in [0.717, 1.165) is 24.7 Å². The van der Waals surface area contributed by atoms with Gasteiger partial charge in [-0.15, -0.1) is 24.0 Å². The fourth-order valence-electron chi connectivity index (χ4n) is 2.26. The van der Waals surface area contributed by atoms with Crippen molar-refractivity contribution in [1.82, 2.24) is 15.5 Å². The summed E-state index contributed by atoms with van der Waals surface area (Å²) in [6.45, 7) is 7.51. The van der Waals surface area contributed by atoms with Crippen molar-refractivity contribution in [3.8, 4) is 5.75 Å². The van der Waals surface area contributed by atoms with Crippen LogP contribution in [0.4, 0.5) is 4.79 Å². The summed E-state index contributed by atoms with van der Waals surface area (Å²) in [4.78, 5) is 17.9. The number of alkyl carbamates (subject to hydrolysis) is 1. The number of nitrogens with one attached hydrogen (secondary N) is 2. The third kappa shape index (κ3) is 10.9. The molecule has 0 atom stereocenters. The molecule has 8 heteroatoms. The number of nitrogens with zero attached hydrogens (tertiary/aromatic N) is 2. The molecular weight excluding hydrogens is 459 g/mol. The highest BCUT2D eigenvalue weighted by Gasteiger charge is 2.15. The molecule has 7 nitrogen and oxygen atoms in total. The average Bonchev–Trinajstić information content (AvgIpc) is 2.57. The van der Waals surface area contributed by atoms with Gasteiger partial charge in [0.2, 0.25) is 0 Å². The predicted molar refractivity (Wildman–Crippen MR) is 120 cm³/mol. The molecule has 0 saturated carbocycles. The predicted octanol–water partition coefficient (Wildman–Crippen LogP) is 3.24. The maximum absolute atomic E-state index is 11.6. The molecule has 1 amide bonds. The fourth-order valence-corrected chi connectivity index (χ4v) is 2.26. The van der Waals surface area contributed by atoms with Crippen molar-refractivity contribution in [2.45, 2.75) is 39.3 Å². The first-order valence-corrected chi connectivity index (χ1v) is 8.76. The van der Waals surface area contributed by atoms with Crippen molar-refractivity contribution in [2.24, 2.45) is 4.99 Å². The number of hydrogen-bond acceptors (Lipinski definition) is 4. The van der Waals surface area contributed by atoms with Crippen molar-refractivity contribution in [1.29, 1.82) is 0 Å². The van der Waals surface area contributed by atoms with Crippen LogP contribution in [0.25, 0.3) is 0 Å². The van der Waals surface area contributed by atoms with Gasteiger partial charge < -0.3 is 25.0 Å². The van der Waals surface area contributed by atoms with Gasteiger partial charge >= 0.3 is 6.09 Å². The molecule has 0 aliphatic heterocycles. The first-order valence-electron chi connectivity index (χ1n) is 8.76. The molecule has 0 spiro atoms. The molecule has 1 aromatic carbocycles. The number of halogens is 1. The van der Waals surface area contributed by atoms with E-state index in [4.69, 9.17) is 9.47 Å². The molecule has 0 aliphatic carbocycles. The molecular formula is C19H33IN4O3. The molecule has 154 valence electrons. The Morgan fingerprint density at radius 2 is 1.74 bits per heavy atom. The second kappa shape index (κ2) is 12.6. The lowest BCUT2D eigenvalue weighted by atomic mass is 10.2. The number of carbonyl (C=O) groups excluding carboxylic acids is 1. The molecule has 0 radical (unpaired) electrons. The van der Waals surface area contributed by atoms with Crippen LogP contribution >= 0.6 is 24.0 Å². The molecule has 2 N–H and O–H groups in total. The maximum Gasteiger partial charge on any atom is 0.407 e. The van der Waals surface area contributed by atoms with Crippen molar-refractivity contribution in [2.75, 3.05) is 34.3 Å². The molecule has 0 aromatic heterocycles. The number of benzene rings is 1. The van der Waals surface area contributed by atoms with Crippen LogP contribution in [0.2, 0.25) is 0 Å². The Hall–Kier alpha value is -1.71. The summed E-state index contributed by atoms with van der Waals surface area (Å²) in [7, 11) is 5.40. The molecule has 1 aromatic rings. The van der Waals surface area contributed by atoms with Gasteiger partial charge in [-0.3, -0.25) is 4.99 Å². The smallest absolute Gasteiger partial charge is 0.407 e. The Balaban J connectivity index is 0.00000676. The Morgan fingerprint density at radius 3 is 2.26 bits per heavy atom. The van der Waals surface area contributed by atoms with Crippen LogP contribution in [-0.2, 0) is 11.3 Å². The summed E-state index contributed by atoms with van der Waals surface area (Å²) in [6, 6.07) is 7.96. The van der Waals surface area contributed by atoms with Crippen molar-refractivity contribution < 1.29 is 14.3 Å². The highest BCUT2D eigenvalue weighted by molar-refractivity contribution is 14.0. The molecule has 0 saturated heterocycles. The van der Waals surface area contributed by atoms with E-state index in [-0.39, 0.29) is 24.0 Å². The SMILES string of the molecule is CN=C(NCCCNC(=O)OC(C)(C)C)N(C)Cc1ccc(OC)cc1.I. The number of amides is 1. The van der Waals surface area contributed by atoms with Crippen molar-refractivity contribution >= 4 is 36.0 Å². The van der Waals surface area contributed by atoms with E-state index in [2.05, 4.69) is 15.6 Å². The molecule has 0 fully saturated rings. The number of ether oxygens (including phenoxy) is 2. The third-order valence-corrected chi connectivity index (χ3v) is 3.46. The van der Waals surface area contributed by atoms with E-state index in [9.17, 15) is 4.79 Å². The largest absolute Gasteiger partial charge is 0.497 e. The molecule has 1 rings (SSSR count). The van der Waals surface area contributed by atoms with Crippen LogP contribution in [0.3, 0.4) is 0 Å². The van der Waals surface area contributed by atoms with E-state index in [1.165, 1.54) is 5.56 Å². The summed E-state index contributed by atoms with van der Waals surface area (Å²) in [6.07, 6.45) is 0.382. The van der Waals surface area contributed by atoms with Gasteiger partial charge in [0.1, 0.15) is 11.4 Å². The average molecular weight is 492 g/mol. The number of carbonyl (C=O) groups is 1. The lowest BCUT2D eigenvalue weighted by Gasteiger charge is -2.22. The van der Waals surface area contributed by atoms with E-state index >= 15 is 0 Å². The van der Waals surface area contributed by atoms with Crippen LogP contribution in [-0.4, -0.2) is 56.8 Å². The van der Waals surface area contributed by atoms with E-state index in [0.29, 0.717) is 13.1 Å². The van der Waals surface area contributed by atoms with E-state index in [1.807, 2.05) is 57.0 Å². The summed E-state index contributed by atoms with van der Waals surface area (Å²) in [5, 5.41) is 6.04. The molecule has 27 heavy (non-hydrogen) atoms. The van der Waals surface area contributed by atoms with Crippen LogP contribution in [0.5, 0.6) is 5.75 Å². The number of methoxy groups -OCH3 is 1. The molecule has 0 bridgehead atoms. The zero-order valence-corrected chi connectivity index (χ0v) is 19.5. The summed E-state index contributed by atoms with van der Waals surface area (Å²) < 4.78 is 10.4. The monoisotopic (exact) mass is 492 g/mol. The Labute approximate surface area is 179 Å². The van der Waals surface area contributed by atoms with Gasteiger partial charge in [-0.2, -0.15) is 0 Å². The van der Waals surface area contributed by atoms with E-state index in [1.54, 1.807) is 14.2 Å². The lowest BCUT2D eigenvalue weighted by molar-refractivity contribution is 0.0527. The van der Waals surface area contributed by atoms with Crippen molar-refractivity contribution in [3.63, 3.8) is 0 Å². The van der Waals surface area contributed by atoms with Gasteiger partial charge in [-0.25, -0.2) is 4.79 Å². The summed E-state index contributed by atoms with van der Waals surface area (Å²) >= 11 is 0. The van der Waals surface area contributed by atoms with Crippen LogP contribution in [0.15, 0.2) is 29.3 Å². The quantitative estimate of drug-likeness (QED) is 0.265. The van der Waals surface area contributed by atoms with Gasteiger partial charge in [0.05, 0.1) is 7.11 Å². The number of rotatable bonds is 7. The van der Waals surface area contributed by atoms with Gasteiger partial charge in [0.25, 0.3) is 0 Å². The van der Waals surface area contributed by atoms with Gasteiger partial charge in [0, 0.05) is 33.7 Å². The number of aliphatic imine (C=N–C) groups is 1. The number of hydrogen-bond donors (Lipinski definition) is 2. The highest BCUT2D eigenvalue weighted by Crippen LogP contribution is 2.12. The van der Waals surface area contributed by atoms with Crippen LogP contribution < -0.4 is 15.4 Å². The Bertz CT molecular complexity index is 586. The topological polar surface area (TPSA) is 75.2 Å². The summed E-state index contributed by atoms with van der Waals surface area (Å²) in [5.74, 6) is 1.65. The normalized spacial score (nSPS) is 11.3. The van der Waals surface area contributed by atoms with Crippen LogP contribution in [0, 0.1) is 0 Å². The van der Waals surface area contributed by atoms with E-state index < -0.39 is 11.7 Å². The standard InChI is InChI=1S/C19H32N4O3.HI/c1-19(2,3)26-18(24)22-13-7-12-21-17(20-4)23(5)14-15-8-10-16(25-6)11-9-15;/h8-11H,7,12-14H2,1-6H3,(H,20,21)(H,22,24);1H. The Kier molecular flexibility index (Phi) is 11.8. The third-order valence-electron chi connectivity index (χ3n) is 3.46. The Morgan fingerprint density at radius 1 is 1.15 bits per heavy atom. The van der Waals surface area contributed by atoms with Gasteiger partial charge in [-0.1, -0.05) is 12.1 Å². The zero-order valence-electron chi connectivity index (χ0n) is 17.2. The van der Waals surface area contributed by atoms with Crippen LogP contribution in [0.1, 0.15) is 32.8 Å². The first-order chi connectivity index (χ1) is 12.2. The molecule has 0 aliphatic rings. The first kappa shape index (κ1) is 25.3. The minimum absolute atomic E-state index is 0. The minimum atomic E-state index is -0.478. The van der Waals surface area contributed by atoms with Crippen molar-refractivity contribution in [3.05, 3.63) is 29.8 Å². The second-order valence-electron chi connectivity index (χ2n) is 6.96. The van der Waals surface area contributed by atoms with Gasteiger partial charge in [0.15, 0.2) is 5.96 Å². The van der Waals surface area contributed by atoms with Gasteiger partial charge in [-0.05, 0) is 44.9 Å². The number of guanidine groups is 1. The lowest BCUT2D eigenvalue weighted by Crippen LogP contribution is -2.40. The highest BCUT2D eigenvalue weighted by atomic mass is 127. The maximum atomic E-state index is 11.6. The minimum Gasteiger partial charge on any atom is -0.497 e. The summed E-state index contributed by atoms with van der Waals surface area (Å²) in [5.41, 5.74) is 0.692.